The Morgan fingerprint density at radius 2 is 1.67 bits per heavy atom. The zero-order valence-corrected chi connectivity index (χ0v) is 17.4. The Balaban J connectivity index is 1.13. The number of nitrogens with one attached hydrogen (secondary N) is 1. The number of aromatic nitrogens is 2. The monoisotopic (exact) mass is 399 g/mol. The third kappa shape index (κ3) is 3.32. The van der Waals surface area contributed by atoms with Gasteiger partial charge in [-0.05, 0) is 78.0 Å². The Morgan fingerprint density at radius 3 is 2.43 bits per heavy atom. The lowest BCUT2D eigenvalue weighted by Gasteiger charge is -2.56. The first-order chi connectivity index (χ1) is 14.6. The molecule has 0 unspecified atom stereocenters. The van der Waals surface area contributed by atoms with Gasteiger partial charge in [0.1, 0.15) is 0 Å². The molecule has 0 atom stereocenters. The number of rotatable bonds is 5. The Hall–Kier alpha value is -2.62. The molecule has 1 heterocycles. The number of anilines is 1. The van der Waals surface area contributed by atoms with Crippen molar-refractivity contribution < 1.29 is 4.79 Å². The van der Waals surface area contributed by atoms with E-state index in [0.29, 0.717) is 18.8 Å². The van der Waals surface area contributed by atoms with Crippen LogP contribution in [0.5, 0.6) is 0 Å². The molecule has 4 fully saturated rings. The van der Waals surface area contributed by atoms with E-state index in [0.717, 1.165) is 17.8 Å². The van der Waals surface area contributed by atoms with Crippen molar-refractivity contribution in [1.29, 1.82) is 0 Å². The van der Waals surface area contributed by atoms with E-state index in [9.17, 15) is 4.79 Å². The number of benzene rings is 2. The van der Waals surface area contributed by atoms with E-state index in [4.69, 9.17) is 0 Å². The van der Waals surface area contributed by atoms with Gasteiger partial charge >= 0.3 is 0 Å². The Morgan fingerprint density at radius 1 is 0.967 bits per heavy atom. The number of hydrogen-bond donors (Lipinski definition) is 1. The van der Waals surface area contributed by atoms with Gasteiger partial charge in [-0.15, -0.1) is 0 Å². The molecule has 4 nitrogen and oxygen atoms in total. The van der Waals surface area contributed by atoms with Gasteiger partial charge in [-0.1, -0.05) is 42.5 Å². The molecule has 1 amide bonds. The summed E-state index contributed by atoms with van der Waals surface area (Å²) in [5.74, 6) is 3.45. The molecule has 7 rings (SSSR count). The molecule has 4 bridgehead atoms. The van der Waals surface area contributed by atoms with Crippen LogP contribution in [0.25, 0.3) is 10.8 Å². The molecular weight excluding hydrogens is 370 g/mol. The summed E-state index contributed by atoms with van der Waals surface area (Å²) in [5, 5.41) is 10.2. The van der Waals surface area contributed by atoms with Crippen molar-refractivity contribution in [1.82, 2.24) is 9.78 Å². The number of nitrogens with zero attached hydrogens (tertiary/aromatic N) is 2. The number of amides is 1. The van der Waals surface area contributed by atoms with E-state index >= 15 is 0 Å². The van der Waals surface area contributed by atoms with Crippen LogP contribution >= 0.6 is 0 Å². The van der Waals surface area contributed by atoms with Crippen molar-refractivity contribution in [2.24, 2.45) is 23.2 Å². The summed E-state index contributed by atoms with van der Waals surface area (Å²) in [6, 6.07) is 16.7. The molecule has 1 aromatic heterocycles. The fourth-order valence-electron chi connectivity index (χ4n) is 7.16. The number of carbonyl (C=O) groups excluding carboxylic acids is 1. The van der Waals surface area contributed by atoms with E-state index in [1.807, 2.05) is 16.9 Å². The van der Waals surface area contributed by atoms with Crippen molar-refractivity contribution in [3.8, 4) is 0 Å². The number of carbonyl (C=O) groups is 1. The van der Waals surface area contributed by atoms with Gasteiger partial charge < -0.3 is 5.32 Å². The van der Waals surface area contributed by atoms with Crippen molar-refractivity contribution in [3.63, 3.8) is 0 Å². The minimum Gasteiger partial charge on any atom is -0.309 e. The van der Waals surface area contributed by atoms with E-state index in [1.54, 1.807) is 0 Å². The topological polar surface area (TPSA) is 46.9 Å². The van der Waals surface area contributed by atoms with Gasteiger partial charge in [0, 0.05) is 18.7 Å². The highest BCUT2D eigenvalue weighted by molar-refractivity contribution is 5.90. The van der Waals surface area contributed by atoms with Crippen LogP contribution < -0.4 is 5.32 Å². The van der Waals surface area contributed by atoms with Crippen LogP contribution in [0.15, 0.2) is 54.7 Å². The van der Waals surface area contributed by atoms with Crippen LogP contribution in [0, 0.1) is 23.2 Å². The molecule has 0 radical (unpaired) electrons. The third-order valence-corrected chi connectivity index (χ3v) is 7.82. The van der Waals surface area contributed by atoms with Crippen LogP contribution in [0.3, 0.4) is 0 Å². The Kier molecular flexibility index (Phi) is 4.22. The molecule has 30 heavy (non-hydrogen) atoms. The summed E-state index contributed by atoms with van der Waals surface area (Å²) in [7, 11) is 0. The van der Waals surface area contributed by atoms with Crippen molar-refractivity contribution in [2.75, 3.05) is 5.32 Å². The predicted octanol–water partition coefficient (Wildman–Crippen LogP) is 5.63. The maximum atomic E-state index is 12.9. The minimum atomic E-state index is 0.146. The van der Waals surface area contributed by atoms with Gasteiger partial charge in [-0.2, -0.15) is 5.10 Å². The van der Waals surface area contributed by atoms with Gasteiger partial charge in [0.25, 0.3) is 0 Å². The van der Waals surface area contributed by atoms with Crippen LogP contribution in [0.2, 0.25) is 0 Å². The van der Waals surface area contributed by atoms with Crippen molar-refractivity contribution >= 4 is 22.5 Å². The van der Waals surface area contributed by atoms with Gasteiger partial charge in [0.2, 0.25) is 5.91 Å². The predicted molar refractivity (Wildman–Crippen MR) is 119 cm³/mol. The van der Waals surface area contributed by atoms with E-state index in [-0.39, 0.29) is 11.3 Å². The molecule has 0 aliphatic heterocycles. The molecule has 154 valence electrons. The molecule has 3 aromatic rings. The van der Waals surface area contributed by atoms with Gasteiger partial charge in [-0.25, -0.2) is 0 Å². The average molecular weight is 400 g/mol. The maximum absolute atomic E-state index is 12.9. The van der Waals surface area contributed by atoms with Crippen LogP contribution in [0.1, 0.15) is 50.5 Å². The summed E-state index contributed by atoms with van der Waals surface area (Å²) in [6.45, 7) is 0.701. The number of hydrogen-bond acceptors (Lipinski definition) is 2. The first kappa shape index (κ1) is 18.2. The second-order valence-corrected chi connectivity index (χ2v) is 10.2. The second-order valence-electron chi connectivity index (χ2n) is 10.2. The van der Waals surface area contributed by atoms with Gasteiger partial charge in [0.15, 0.2) is 5.82 Å². The molecule has 1 N–H and O–H groups in total. The maximum Gasteiger partial charge on any atom is 0.226 e. The summed E-state index contributed by atoms with van der Waals surface area (Å²) >= 11 is 0. The molecule has 4 aliphatic rings. The van der Waals surface area contributed by atoms with E-state index in [1.165, 1.54) is 54.9 Å². The standard InChI is InChI=1S/C26H29N3O/c30-25(16-26-13-18-10-19(14-26)12-20(11-18)15-26)27-24-8-9-29(28-24)17-22-6-3-5-21-4-1-2-7-23(21)22/h1-9,18-20H,10-17H2,(H,27,28,30). The highest BCUT2D eigenvalue weighted by Gasteiger charge is 2.51. The first-order valence-corrected chi connectivity index (χ1v) is 11.4. The smallest absolute Gasteiger partial charge is 0.226 e. The molecule has 4 saturated carbocycles. The lowest BCUT2D eigenvalue weighted by Crippen LogP contribution is -2.47. The van der Waals surface area contributed by atoms with Crippen LogP contribution in [-0.2, 0) is 11.3 Å². The minimum absolute atomic E-state index is 0.146. The second kappa shape index (κ2) is 6.97. The highest BCUT2D eigenvalue weighted by atomic mass is 16.1. The molecule has 4 aliphatic carbocycles. The summed E-state index contributed by atoms with van der Waals surface area (Å²) in [4.78, 5) is 12.9. The summed E-state index contributed by atoms with van der Waals surface area (Å²) < 4.78 is 1.92. The normalized spacial score (nSPS) is 29.4. The fourth-order valence-corrected chi connectivity index (χ4v) is 7.16. The Labute approximate surface area is 177 Å². The lowest BCUT2D eigenvalue weighted by molar-refractivity contribution is -0.124. The largest absolute Gasteiger partial charge is 0.309 e. The number of fused-ring (bicyclic) bond motifs is 1. The van der Waals surface area contributed by atoms with E-state index < -0.39 is 0 Å². The molecule has 4 heteroatoms. The molecule has 0 saturated heterocycles. The quantitative estimate of drug-likeness (QED) is 0.604. The van der Waals surface area contributed by atoms with Crippen LogP contribution in [0.4, 0.5) is 5.82 Å². The van der Waals surface area contributed by atoms with Gasteiger partial charge in [-0.3, -0.25) is 9.48 Å². The molecule has 0 spiro atoms. The highest BCUT2D eigenvalue weighted by Crippen LogP contribution is 2.61. The van der Waals surface area contributed by atoms with Crippen molar-refractivity contribution in [3.05, 3.63) is 60.3 Å². The summed E-state index contributed by atoms with van der Waals surface area (Å²) in [5.41, 5.74) is 1.51. The van der Waals surface area contributed by atoms with Crippen molar-refractivity contribution in [2.45, 2.75) is 51.5 Å². The van der Waals surface area contributed by atoms with Crippen LogP contribution in [-0.4, -0.2) is 15.7 Å². The zero-order valence-electron chi connectivity index (χ0n) is 17.4. The zero-order chi connectivity index (χ0) is 20.1. The van der Waals surface area contributed by atoms with Gasteiger partial charge in [0.05, 0.1) is 6.54 Å². The SMILES string of the molecule is O=C(CC12CC3CC(CC(C3)C1)C2)Nc1ccn(Cc2cccc3ccccc23)n1. The average Bonchev–Trinajstić information content (AvgIpc) is 3.13. The summed E-state index contributed by atoms with van der Waals surface area (Å²) in [6.07, 6.45) is 10.7. The molecular formula is C26H29N3O. The Bertz CT molecular complexity index is 1060. The fraction of sp³-hybridized carbons (Fsp3) is 0.462. The van der Waals surface area contributed by atoms with E-state index in [2.05, 4.69) is 52.9 Å². The lowest BCUT2D eigenvalue weighted by atomic mass is 9.49. The first-order valence-electron chi connectivity index (χ1n) is 11.4. The molecule has 2 aromatic carbocycles. The third-order valence-electron chi connectivity index (χ3n) is 7.82.